The van der Waals surface area contributed by atoms with E-state index in [9.17, 15) is 0 Å². The highest BCUT2D eigenvalue weighted by atomic mass is 79.9. The van der Waals surface area contributed by atoms with E-state index in [-0.39, 0.29) is 4.83 Å². The van der Waals surface area contributed by atoms with Gasteiger partial charge in [0.2, 0.25) is 0 Å². The summed E-state index contributed by atoms with van der Waals surface area (Å²) in [5, 5.41) is 8.21. The first kappa shape index (κ1) is 11.3. The van der Waals surface area contributed by atoms with Gasteiger partial charge >= 0.3 is 0 Å². The molecular weight excluding hydrogens is 294 g/mol. The van der Waals surface area contributed by atoms with Gasteiger partial charge < -0.3 is 0 Å². The second-order valence-corrected chi connectivity index (χ2v) is 5.31. The first-order chi connectivity index (χ1) is 8.74. The largest absolute Gasteiger partial charge is 0.253 e. The Morgan fingerprint density at radius 2 is 1.94 bits per heavy atom. The summed E-state index contributed by atoms with van der Waals surface area (Å²) in [4.78, 5) is 8.70. The molecule has 0 amide bonds. The van der Waals surface area contributed by atoms with Crippen molar-refractivity contribution in [3.05, 3.63) is 42.5 Å². The van der Waals surface area contributed by atoms with Gasteiger partial charge in [0, 0.05) is 12.4 Å². The van der Waals surface area contributed by atoms with Gasteiger partial charge in [0.1, 0.15) is 0 Å². The van der Waals surface area contributed by atoms with Gasteiger partial charge in [-0.05, 0) is 25.1 Å². The summed E-state index contributed by atoms with van der Waals surface area (Å²) < 4.78 is 1.74. The van der Waals surface area contributed by atoms with E-state index in [1.54, 1.807) is 17.1 Å². The number of fused-ring (bicyclic) bond motifs is 1. The second-order valence-electron chi connectivity index (χ2n) is 3.93. The van der Waals surface area contributed by atoms with Crippen molar-refractivity contribution in [1.82, 2.24) is 25.0 Å². The van der Waals surface area contributed by atoms with Gasteiger partial charge in [-0.2, -0.15) is 0 Å². The SMILES string of the molecule is CC(Br)c1cn(-c2ccc3nccnc3c2)nn1. The maximum atomic E-state index is 4.28. The van der Waals surface area contributed by atoms with Crippen molar-refractivity contribution in [3.63, 3.8) is 0 Å². The van der Waals surface area contributed by atoms with Crippen LogP contribution >= 0.6 is 15.9 Å². The molecule has 1 unspecified atom stereocenters. The van der Waals surface area contributed by atoms with E-state index in [0.29, 0.717) is 0 Å². The molecule has 0 saturated heterocycles. The lowest BCUT2D eigenvalue weighted by Gasteiger charge is -2.01. The third-order valence-corrected chi connectivity index (χ3v) is 3.11. The maximum Gasteiger partial charge on any atom is 0.0965 e. The second kappa shape index (κ2) is 4.45. The first-order valence-electron chi connectivity index (χ1n) is 5.51. The smallest absolute Gasteiger partial charge is 0.0965 e. The van der Waals surface area contributed by atoms with Gasteiger partial charge in [0.15, 0.2) is 0 Å². The minimum absolute atomic E-state index is 0.187. The van der Waals surface area contributed by atoms with E-state index in [1.807, 2.05) is 31.3 Å². The molecule has 3 aromatic rings. The highest BCUT2D eigenvalue weighted by Gasteiger charge is 2.08. The Balaban J connectivity index is 2.07. The average molecular weight is 304 g/mol. The summed E-state index contributed by atoms with van der Waals surface area (Å²) in [7, 11) is 0. The van der Waals surface area contributed by atoms with Crippen molar-refractivity contribution in [2.24, 2.45) is 0 Å². The number of hydrogen-bond donors (Lipinski definition) is 0. The van der Waals surface area contributed by atoms with Gasteiger partial charge in [-0.25, -0.2) is 4.68 Å². The van der Waals surface area contributed by atoms with Crippen LogP contribution in [0.5, 0.6) is 0 Å². The van der Waals surface area contributed by atoms with E-state index in [2.05, 4.69) is 36.2 Å². The topological polar surface area (TPSA) is 56.5 Å². The van der Waals surface area contributed by atoms with Crippen molar-refractivity contribution in [2.75, 3.05) is 0 Å². The summed E-state index contributed by atoms with van der Waals surface area (Å²) in [6.45, 7) is 2.01. The molecule has 0 saturated carbocycles. The molecule has 0 N–H and O–H groups in total. The van der Waals surface area contributed by atoms with Crippen LogP contribution in [0.15, 0.2) is 36.8 Å². The molecule has 0 aliphatic carbocycles. The van der Waals surface area contributed by atoms with Crippen LogP contribution in [-0.2, 0) is 0 Å². The van der Waals surface area contributed by atoms with Gasteiger partial charge in [-0.1, -0.05) is 21.1 Å². The number of aromatic nitrogens is 5. The van der Waals surface area contributed by atoms with E-state index in [4.69, 9.17) is 0 Å². The predicted molar refractivity (Wildman–Crippen MR) is 71.8 cm³/mol. The molecule has 1 aromatic carbocycles. The van der Waals surface area contributed by atoms with E-state index in [1.165, 1.54) is 0 Å². The molecule has 0 fully saturated rings. The molecule has 2 heterocycles. The lowest BCUT2D eigenvalue weighted by molar-refractivity contribution is 0.798. The van der Waals surface area contributed by atoms with Gasteiger partial charge in [-0.15, -0.1) is 5.10 Å². The Morgan fingerprint density at radius 3 is 2.67 bits per heavy atom. The summed E-state index contributed by atoms with van der Waals surface area (Å²) in [6, 6.07) is 5.82. The molecule has 0 radical (unpaired) electrons. The van der Waals surface area contributed by atoms with Crippen LogP contribution in [0.3, 0.4) is 0 Å². The molecule has 0 aliphatic heterocycles. The summed E-state index contributed by atoms with van der Waals surface area (Å²) in [5.74, 6) is 0. The minimum atomic E-state index is 0.187. The molecule has 0 bridgehead atoms. The summed E-state index contributed by atoms with van der Waals surface area (Å²) in [6.07, 6.45) is 5.26. The number of hydrogen-bond acceptors (Lipinski definition) is 4. The van der Waals surface area contributed by atoms with Crippen molar-refractivity contribution < 1.29 is 0 Å². The first-order valence-corrected chi connectivity index (χ1v) is 6.43. The zero-order valence-corrected chi connectivity index (χ0v) is 11.2. The molecule has 2 aromatic heterocycles. The lowest BCUT2D eigenvalue weighted by atomic mass is 10.2. The van der Waals surface area contributed by atoms with E-state index in [0.717, 1.165) is 22.4 Å². The molecule has 1 atom stereocenters. The number of alkyl halides is 1. The molecule has 0 spiro atoms. The highest BCUT2D eigenvalue weighted by molar-refractivity contribution is 9.09. The van der Waals surface area contributed by atoms with Gasteiger partial charge in [0.25, 0.3) is 0 Å². The van der Waals surface area contributed by atoms with Crippen LogP contribution in [0.4, 0.5) is 0 Å². The molecule has 5 nitrogen and oxygen atoms in total. The fourth-order valence-corrected chi connectivity index (χ4v) is 1.89. The third-order valence-electron chi connectivity index (χ3n) is 2.64. The van der Waals surface area contributed by atoms with Gasteiger partial charge in [0.05, 0.1) is 33.4 Å². The minimum Gasteiger partial charge on any atom is -0.253 e. The van der Waals surface area contributed by atoms with Crippen LogP contribution in [0.25, 0.3) is 16.7 Å². The quantitative estimate of drug-likeness (QED) is 0.683. The van der Waals surface area contributed by atoms with Crippen LogP contribution in [0.2, 0.25) is 0 Å². The Kier molecular flexibility index (Phi) is 2.79. The van der Waals surface area contributed by atoms with Crippen LogP contribution in [0, 0.1) is 0 Å². The van der Waals surface area contributed by atoms with Crippen LogP contribution in [-0.4, -0.2) is 25.0 Å². The molecule has 18 heavy (non-hydrogen) atoms. The lowest BCUT2D eigenvalue weighted by Crippen LogP contribution is -1.95. The number of nitrogens with zero attached hydrogens (tertiary/aromatic N) is 5. The predicted octanol–water partition coefficient (Wildman–Crippen LogP) is 2.67. The molecular formula is C12H10BrN5. The number of benzene rings is 1. The fourth-order valence-electron chi connectivity index (χ4n) is 1.68. The Hall–Kier alpha value is -1.82. The van der Waals surface area contributed by atoms with Crippen molar-refractivity contribution in [1.29, 1.82) is 0 Å². The zero-order chi connectivity index (χ0) is 12.5. The molecule has 0 aliphatic rings. The Bertz CT molecular complexity index is 692. The highest BCUT2D eigenvalue weighted by Crippen LogP contribution is 2.20. The summed E-state index contributed by atoms with van der Waals surface area (Å²) in [5.41, 5.74) is 3.54. The Labute approximate surface area is 112 Å². The number of halogens is 1. The van der Waals surface area contributed by atoms with Gasteiger partial charge in [-0.3, -0.25) is 9.97 Å². The molecule has 3 rings (SSSR count). The maximum absolute atomic E-state index is 4.28. The zero-order valence-electron chi connectivity index (χ0n) is 9.66. The van der Waals surface area contributed by atoms with Crippen molar-refractivity contribution in [3.8, 4) is 5.69 Å². The van der Waals surface area contributed by atoms with Crippen LogP contribution < -0.4 is 0 Å². The van der Waals surface area contributed by atoms with Crippen molar-refractivity contribution >= 4 is 27.0 Å². The Morgan fingerprint density at radius 1 is 1.17 bits per heavy atom. The van der Waals surface area contributed by atoms with Crippen LogP contribution in [0.1, 0.15) is 17.4 Å². The number of rotatable bonds is 2. The molecule has 90 valence electrons. The molecule has 6 heteroatoms. The average Bonchev–Trinajstić information content (AvgIpc) is 2.88. The monoisotopic (exact) mass is 303 g/mol. The summed E-state index contributed by atoms with van der Waals surface area (Å²) >= 11 is 3.47. The standard InChI is InChI=1S/C12H10BrN5/c1-8(13)12-7-18(17-16-12)9-2-3-10-11(6-9)15-5-4-14-10/h2-8H,1H3. The van der Waals surface area contributed by atoms with Crippen molar-refractivity contribution in [2.45, 2.75) is 11.8 Å². The van der Waals surface area contributed by atoms with E-state index >= 15 is 0 Å². The third kappa shape index (κ3) is 1.99. The normalized spacial score (nSPS) is 12.8. The van der Waals surface area contributed by atoms with E-state index < -0.39 is 0 Å². The fraction of sp³-hybridized carbons (Fsp3) is 0.167.